The van der Waals surface area contributed by atoms with Crippen molar-refractivity contribution in [1.29, 1.82) is 0 Å². The van der Waals surface area contributed by atoms with Gasteiger partial charge in [-0.15, -0.1) is 0 Å². The lowest BCUT2D eigenvalue weighted by Crippen LogP contribution is -2.43. The molecular weight excluding hydrogens is 451 g/mol. The van der Waals surface area contributed by atoms with Gasteiger partial charge in [-0.05, 0) is 49.2 Å². The van der Waals surface area contributed by atoms with E-state index in [2.05, 4.69) is 5.32 Å². The van der Waals surface area contributed by atoms with Gasteiger partial charge < -0.3 is 14.8 Å². The summed E-state index contributed by atoms with van der Waals surface area (Å²) in [6, 6.07) is 9.35. The van der Waals surface area contributed by atoms with E-state index >= 15 is 0 Å². The summed E-state index contributed by atoms with van der Waals surface area (Å²) in [5, 5.41) is 3.46. The van der Waals surface area contributed by atoms with Gasteiger partial charge in [0.05, 0.1) is 25.2 Å². The fourth-order valence-corrected chi connectivity index (χ4v) is 5.55. The van der Waals surface area contributed by atoms with Gasteiger partial charge in [-0.3, -0.25) is 4.79 Å². The first kappa shape index (κ1) is 22.7. The summed E-state index contributed by atoms with van der Waals surface area (Å²) in [6.07, 6.45) is 1.14. The van der Waals surface area contributed by atoms with Gasteiger partial charge in [0.15, 0.2) is 0 Å². The number of methoxy groups -OCH3 is 2. The van der Waals surface area contributed by atoms with Gasteiger partial charge in [0.1, 0.15) is 16.4 Å². The summed E-state index contributed by atoms with van der Waals surface area (Å²) in [6.45, 7) is 0.379. The molecule has 1 heterocycles. The maximum Gasteiger partial charge on any atom is 0.246 e. The number of sulfonamides is 1. The smallest absolute Gasteiger partial charge is 0.246 e. The Hall–Kier alpha value is -2.00. The highest BCUT2D eigenvalue weighted by atomic mass is 35.5. The van der Waals surface area contributed by atoms with Gasteiger partial charge >= 0.3 is 0 Å². The third-order valence-electron chi connectivity index (χ3n) is 4.92. The minimum absolute atomic E-state index is 0.0134. The summed E-state index contributed by atoms with van der Waals surface area (Å²) in [4.78, 5) is 12.8. The lowest BCUT2D eigenvalue weighted by molar-refractivity contribution is -0.120. The molecule has 7 nitrogen and oxygen atoms in total. The van der Waals surface area contributed by atoms with E-state index in [1.54, 1.807) is 24.3 Å². The molecule has 1 fully saturated rings. The summed E-state index contributed by atoms with van der Waals surface area (Å²) in [5.41, 5.74) is 0.516. The van der Waals surface area contributed by atoms with Gasteiger partial charge in [-0.2, -0.15) is 4.31 Å². The predicted molar refractivity (Wildman–Crippen MR) is 116 cm³/mol. The molecule has 0 radical (unpaired) electrons. The first-order chi connectivity index (χ1) is 14.3. The van der Waals surface area contributed by atoms with E-state index in [1.807, 2.05) is 0 Å². The van der Waals surface area contributed by atoms with Crippen molar-refractivity contribution in [2.24, 2.45) is 5.92 Å². The number of benzene rings is 2. The topological polar surface area (TPSA) is 84.9 Å². The molecular formula is C20H22Cl2N2O5S. The molecule has 1 saturated heterocycles. The Morgan fingerprint density at radius 3 is 2.47 bits per heavy atom. The van der Waals surface area contributed by atoms with Crippen molar-refractivity contribution in [3.8, 4) is 11.5 Å². The van der Waals surface area contributed by atoms with E-state index in [1.165, 1.54) is 30.7 Å². The lowest BCUT2D eigenvalue weighted by Gasteiger charge is -2.31. The van der Waals surface area contributed by atoms with Gasteiger partial charge in [-0.1, -0.05) is 23.2 Å². The Kier molecular flexibility index (Phi) is 7.13. The molecule has 10 heteroatoms. The van der Waals surface area contributed by atoms with E-state index < -0.39 is 15.9 Å². The summed E-state index contributed by atoms with van der Waals surface area (Å²) in [5.74, 6) is -0.0623. The fourth-order valence-electron chi connectivity index (χ4n) is 3.35. The second kappa shape index (κ2) is 9.43. The molecule has 0 unspecified atom stereocenters. The zero-order valence-electron chi connectivity index (χ0n) is 16.5. The number of piperidine rings is 1. The average molecular weight is 473 g/mol. The van der Waals surface area contributed by atoms with E-state index in [0.29, 0.717) is 35.8 Å². The SMILES string of the molecule is COc1ccc(NC(=O)[C@@H]2CCCN(S(=O)(=O)c3cc(Cl)ccc3OC)C2)cc1Cl. The van der Waals surface area contributed by atoms with E-state index in [4.69, 9.17) is 32.7 Å². The highest BCUT2D eigenvalue weighted by molar-refractivity contribution is 7.89. The average Bonchev–Trinajstić information content (AvgIpc) is 2.74. The molecule has 2 aromatic rings. The van der Waals surface area contributed by atoms with Crippen LogP contribution in [0, 0.1) is 5.92 Å². The number of anilines is 1. The van der Waals surface area contributed by atoms with Crippen LogP contribution in [-0.4, -0.2) is 45.9 Å². The van der Waals surface area contributed by atoms with Gasteiger partial charge in [-0.25, -0.2) is 8.42 Å². The first-order valence-electron chi connectivity index (χ1n) is 9.24. The van der Waals surface area contributed by atoms with E-state index in [0.717, 1.165) is 0 Å². The number of carbonyl (C=O) groups is 1. The second-order valence-corrected chi connectivity index (χ2v) is 9.59. The largest absolute Gasteiger partial charge is 0.495 e. The molecule has 1 aliphatic rings. The third-order valence-corrected chi connectivity index (χ3v) is 7.33. The number of hydrogen-bond donors (Lipinski definition) is 1. The van der Waals surface area contributed by atoms with Crippen molar-refractivity contribution in [1.82, 2.24) is 4.31 Å². The number of nitrogens with one attached hydrogen (secondary N) is 1. The first-order valence-corrected chi connectivity index (χ1v) is 11.4. The van der Waals surface area contributed by atoms with Crippen LogP contribution < -0.4 is 14.8 Å². The van der Waals surface area contributed by atoms with Crippen molar-refractivity contribution >= 4 is 44.8 Å². The Balaban J connectivity index is 1.77. The van der Waals surface area contributed by atoms with Crippen LogP contribution in [-0.2, 0) is 14.8 Å². The number of halogens is 2. The van der Waals surface area contributed by atoms with Crippen molar-refractivity contribution in [2.45, 2.75) is 17.7 Å². The molecule has 1 aliphatic heterocycles. The van der Waals surface area contributed by atoms with Crippen molar-refractivity contribution in [3.63, 3.8) is 0 Å². The molecule has 0 spiro atoms. The third kappa shape index (κ3) is 4.83. The zero-order valence-corrected chi connectivity index (χ0v) is 18.9. The molecule has 0 bridgehead atoms. The number of ether oxygens (including phenoxy) is 2. The van der Waals surface area contributed by atoms with Crippen LogP contribution in [0.5, 0.6) is 11.5 Å². The second-order valence-electron chi connectivity index (χ2n) is 6.84. The minimum atomic E-state index is -3.88. The molecule has 1 amide bonds. The molecule has 1 atom stereocenters. The number of amides is 1. The Morgan fingerprint density at radius 1 is 1.10 bits per heavy atom. The predicted octanol–water partition coefficient (Wildman–Crippen LogP) is 4.05. The number of hydrogen-bond acceptors (Lipinski definition) is 5. The quantitative estimate of drug-likeness (QED) is 0.685. The highest BCUT2D eigenvalue weighted by Crippen LogP contribution is 2.32. The van der Waals surface area contributed by atoms with Crippen LogP contribution in [0.1, 0.15) is 12.8 Å². The number of nitrogens with zero attached hydrogens (tertiary/aromatic N) is 1. The minimum Gasteiger partial charge on any atom is -0.495 e. The maximum absolute atomic E-state index is 13.2. The zero-order chi connectivity index (χ0) is 21.9. The molecule has 0 aliphatic carbocycles. The molecule has 3 rings (SSSR count). The highest BCUT2D eigenvalue weighted by Gasteiger charge is 2.35. The van der Waals surface area contributed by atoms with Crippen LogP contribution in [0.3, 0.4) is 0 Å². The van der Waals surface area contributed by atoms with Crippen LogP contribution in [0.15, 0.2) is 41.3 Å². The number of rotatable bonds is 6. The number of carbonyl (C=O) groups excluding carboxylic acids is 1. The van der Waals surface area contributed by atoms with Crippen LogP contribution in [0.4, 0.5) is 5.69 Å². The summed E-state index contributed by atoms with van der Waals surface area (Å²) in [7, 11) is -0.973. The Morgan fingerprint density at radius 2 is 1.80 bits per heavy atom. The van der Waals surface area contributed by atoms with Gasteiger partial charge in [0, 0.05) is 23.8 Å². The van der Waals surface area contributed by atoms with E-state index in [9.17, 15) is 13.2 Å². The molecule has 2 aromatic carbocycles. The Bertz CT molecular complexity index is 1050. The summed E-state index contributed by atoms with van der Waals surface area (Å²) < 4.78 is 38.0. The van der Waals surface area contributed by atoms with Crippen molar-refractivity contribution < 1.29 is 22.7 Å². The van der Waals surface area contributed by atoms with Crippen molar-refractivity contribution in [3.05, 3.63) is 46.4 Å². The lowest BCUT2D eigenvalue weighted by atomic mass is 9.98. The van der Waals surface area contributed by atoms with E-state index in [-0.39, 0.29) is 28.1 Å². The van der Waals surface area contributed by atoms with Gasteiger partial charge in [0.2, 0.25) is 15.9 Å². The molecule has 0 saturated carbocycles. The molecule has 1 N–H and O–H groups in total. The fraction of sp³-hybridized carbons (Fsp3) is 0.350. The van der Waals surface area contributed by atoms with Crippen molar-refractivity contribution in [2.75, 3.05) is 32.6 Å². The molecule has 30 heavy (non-hydrogen) atoms. The standard InChI is InChI=1S/C20H22Cl2N2O5S/c1-28-17-8-6-15(11-16(17)22)23-20(25)13-4-3-9-24(12-13)30(26,27)19-10-14(21)5-7-18(19)29-2/h5-8,10-11,13H,3-4,9,12H2,1-2H3,(H,23,25)/t13-/m1/s1. The normalized spacial score (nSPS) is 17.4. The van der Waals surface area contributed by atoms with Crippen LogP contribution in [0.25, 0.3) is 0 Å². The van der Waals surface area contributed by atoms with Gasteiger partial charge in [0.25, 0.3) is 0 Å². The monoisotopic (exact) mass is 472 g/mol. The Labute approximate surface area is 185 Å². The summed E-state index contributed by atoms with van der Waals surface area (Å²) >= 11 is 12.1. The molecule has 0 aromatic heterocycles. The van der Waals surface area contributed by atoms with Crippen LogP contribution >= 0.6 is 23.2 Å². The molecule has 162 valence electrons. The maximum atomic E-state index is 13.2. The van der Waals surface area contributed by atoms with Crippen LogP contribution in [0.2, 0.25) is 10.0 Å².